The van der Waals surface area contributed by atoms with Crippen LogP contribution in [0.25, 0.3) is 11.2 Å². The second-order valence-electron chi connectivity index (χ2n) is 7.01. The van der Waals surface area contributed by atoms with Crippen LogP contribution >= 0.6 is 11.6 Å². The van der Waals surface area contributed by atoms with Crippen LogP contribution in [0.3, 0.4) is 0 Å². The number of halogens is 1. The first-order chi connectivity index (χ1) is 14.6. The van der Waals surface area contributed by atoms with Gasteiger partial charge in [0.2, 0.25) is 5.91 Å². The van der Waals surface area contributed by atoms with Crippen molar-refractivity contribution in [3.63, 3.8) is 0 Å². The van der Waals surface area contributed by atoms with Crippen LogP contribution in [0.4, 0.5) is 0 Å². The SMILES string of the molecule is O=C(Cc1cccc(Cl)c1)NCCn1c(=O)n(Cc2ccccc2)c2cccnc21. The zero-order chi connectivity index (χ0) is 20.9. The lowest BCUT2D eigenvalue weighted by Gasteiger charge is -2.06. The van der Waals surface area contributed by atoms with Crippen molar-refractivity contribution in [2.45, 2.75) is 19.5 Å². The van der Waals surface area contributed by atoms with Gasteiger partial charge in [-0.15, -0.1) is 0 Å². The minimum absolute atomic E-state index is 0.119. The van der Waals surface area contributed by atoms with E-state index in [1.807, 2.05) is 54.6 Å². The summed E-state index contributed by atoms with van der Waals surface area (Å²) in [7, 11) is 0. The van der Waals surface area contributed by atoms with Gasteiger partial charge in [-0.25, -0.2) is 9.78 Å². The summed E-state index contributed by atoms with van der Waals surface area (Å²) in [5.74, 6) is -0.119. The molecule has 0 aliphatic heterocycles. The van der Waals surface area contributed by atoms with Gasteiger partial charge in [0, 0.05) is 24.3 Å². The monoisotopic (exact) mass is 420 g/mol. The molecule has 0 atom stereocenters. The van der Waals surface area contributed by atoms with Crippen molar-refractivity contribution in [2.75, 3.05) is 6.54 Å². The van der Waals surface area contributed by atoms with E-state index < -0.39 is 0 Å². The number of hydrogen-bond acceptors (Lipinski definition) is 3. The highest BCUT2D eigenvalue weighted by molar-refractivity contribution is 6.30. The zero-order valence-corrected chi connectivity index (χ0v) is 17.0. The van der Waals surface area contributed by atoms with E-state index in [1.165, 1.54) is 0 Å². The average Bonchev–Trinajstić information content (AvgIpc) is 3.00. The first kappa shape index (κ1) is 19.9. The highest BCUT2D eigenvalue weighted by atomic mass is 35.5. The predicted octanol–water partition coefficient (Wildman–Crippen LogP) is 3.26. The number of carbonyl (C=O) groups is 1. The van der Waals surface area contributed by atoms with Crippen molar-refractivity contribution in [2.24, 2.45) is 0 Å². The molecule has 0 bridgehead atoms. The number of pyridine rings is 1. The number of carbonyl (C=O) groups excluding carboxylic acids is 1. The molecule has 0 spiro atoms. The smallest absolute Gasteiger partial charge is 0.330 e. The fourth-order valence-corrected chi connectivity index (χ4v) is 3.68. The van der Waals surface area contributed by atoms with Crippen LogP contribution in [0.1, 0.15) is 11.1 Å². The molecule has 0 saturated heterocycles. The van der Waals surface area contributed by atoms with Gasteiger partial charge in [-0.1, -0.05) is 54.1 Å². The van der Waals surface area contributed by atoms with Crippen LogP contribution in [-0.2, 0) is 24.3 Å². The van der Waals surface area contributed by atoms with Crippen molar-refractivity contribution >= 4 is 28.7 Å². The van der Waals surface area contributed by atoms with Crippen LogP contribution in [0, 0.1) is 0 Å². The summed E-state index contributed by atoms with van der Waals surface area (Å²) in [6.07, 6.45) is 1.91. The third-order valence-electron chi connectivity index (χ3n) is 4.87. The Morgan fingerprint density at radius 2 is 1.77 bits per heavy atom. The maximum absolute atomic E-state index is 13.1. The van der Waals surface area contributed by atoms with E-state index in [1.54, 1.807) is 27.5 Å². The largest absolute Gasteiger partial charge is 0.354 e. The first-order valence-corrected chi connectivity index (χ1v) is 10.1. The summed E-state index contributed by atoms with van der Waals surface area (Å²) in [6, 6.07) is 20.8. The zero-order valence-electron chi connectivity index (χ0n) is 16.3. The van der Waals surface area contributed by atoms with Crippen LogP contribution < -0.4 is 11.0 Å². The molecule has 30 heavy (non-hydrogen) atoms. The van der Waals surface area contributed by atoms with E-state index in [4.69, 9.17) is 11.6 Å². The Kier molecular flexibility index (Phi) is 5.95. The number of rotatable bonds is 7. The molecule has 1 N–H and O–H groups in total. The number of fused-ring (bicyclic) bond motifs is 1. The molecule has 0 aliphatic carbocycles. The van der Waals surface area contributed by atoms with Gasteiger partial charge in [0.1, 0.15) is 0 Å². The lowest BCUT2D eigenvalue weighted by Crippen LogP contribution is -2.32. The standard InChI is InChI=1S/C23H21ClN4O2/c24-19-9-4-8-18(14-19)15-21(29)25-12-13-27-22-20(10-5-11-26-22)28(23(27)30)16-17-6-2-1-3-7-17/h1-11,14H,12-13,15-16H2,(H,25,29). The lowest BCUT2D eigenvalue weighted by atomic mass is 10.1. The van der Waals surface area contributed by atoms with Crippen molar-refractivity contribution in [3.8, 4) is 0 Å². The summed E-state index contributed by atoms with van der Waals surface area (Å²) in [4.78, 5) is 29.7. The molecular weight excluding hydrogens is 400 g/mol. The van der Waals surface area contributed by atoms with Crippen LogP contribution in [0.15, 0.2) is 77.7 Å². The van der Waals surface area contributed by atoms with Gasteiger partial charge in [-0.05, 0) is 35.4 Å². The molecule has 0 saturated carbocycles. The molecule has 152 valence electrons. The van der Waals surface area contributed by atoms with Crippen LogP contribution in [0.5, 0.6) is 0 Å². The van der Waals surface area contributed by atoms with Crippen LogP contribution in [0.2, 0.25) is 5.02 Å². The van der Waals surface area contributed by atoms with Gasteiger partial charge in [-0.3, -0.25) is 13.9 Å². The van der Waals surface area contributed by atoms with Gasteiger partial charge in [-0.2, -0.15) is 0 Å². The van der Waals surface area contributed by atoms with Gasteiger partial charge < -0.3 is 5.32 Å². The first-order valence-electron chi connectivity index (χ1n) is 9.71. The van der Waals surface area contributed by atoms with Crippen molar-refractivity contribution in [3.05, 3.63) is 99.6 Å². The second-order valence-corrected chi connectivity index (χ2v) is 7.45. The number of aromatic nitrogens is 3. The number of benzene rings is 2. The van der Waals surface area contributed by atoms with E-state index in [2.05, 4.69) is 10.3 Å². The third kappa shape index (κ3) is 4.44. The average molecular weight is 421 g/mol. The number of nitrogens with zero attached hydrogens (tertiary/aromatic N) is 3. The molecule has 6 nitrogen and oxygen atoms in total. The molecule has 0 fully saturated rings. The summed E-state index contributed by atoms with van der Waals surface area (Å²) in [6.45, 7) is 1.14. The van der Waals surface area contributed by atoms with E-state index in [0.717, 1.165) is 16.6 Å². The number of hydrogen-bond donors (Lipinski definition) is 1. The molecule has 0 radical (unpaired) electrons. The minimum atomic E-state index is -0.142. The Hall–Kier alpha value is -3.38. The van der Waals surface area contributed by atoms with Crippen molar-refractivity contribution in [1.29, 1.82) is 0 Å². The van der Waals surface area contributed by atoms with Gasteiger partial charge in [0.15, 0.2) is 5.65 Å². The highest BCUT2D eigenvalue weighted by Gasteiger charge is 2.14. The van der Waals surface area contributed by atoms with Gasteiger partial charge >= 0.3 is 5.69 Å². The quantitative estimate of drug-likeness (QED) is 0.499. The Morgan fingerprint density at radius 3 is 2.57 bits per heavy atom. The molecule has 7 heteroatoms. The fraction of sp³-hybridized carbons (Fsp3) is 0.174. The molecule has 4 aromatic rings. The molecule has 0 aliphatic rings. The maximum atomic E-state index is 13.1. The summed E-state index contributed by atoms with van der Waals surface area (Å²) in [5, 5.41) is 3.47. The van der Waals surface area contributed by atoms with Crippen molar-refractivity contribution in [1.82, 2.24) is 19.4 Å². The summed E-state index contributed by atoms with van der Waals surface area (Å²) >= 11 is 5.97. The van der Waals surface area contributed by atoms with Gasteiger partial charge in [0.05, 0.1) is 18.5 Å². The van der Waals surface area contributed by atoms with Gasteiger partial charge in [0.25, 0.3) is 0 Å². The minimum Gasteiger partial charge on any atom is -0.354 e. The van der Waals surface area contributed by atoms with Crippen molar-refractivity contribution < 1.29 is 4.79 Å². The second kappa shape index (κ2) is 8.97. The molecule has 4 rings (SSSR count). The molecule has 2 aromatic carbocycles. The van der Waals surface area contributed by atoms with E-state index >= 15 is 0 Å². The highest BCUT2D eigenvalue weighted by Crippen LogP contribution is 2.13. The molecule has 0 unspecified atom stereocenters. The molecule has 2 aromatic heterocycles. The van der Waals surface area contributed by atoms with E-state index in [9.17, 15) is 9.59 Å². The van der Waals surface area contributed by atoms with E-state index in [-0.39, 0.29) is 18.0 Å². The normalized spacial score (nSPS) is 11.0. The Labute approximate surface area is 178 Å². The molecule has 2 heterocycles. The predicted molar refractivity (Wildman–Crippen MR) is 118 cm³/mol. The number of amides is 1. The van der Waals surface area contributed by atoms with Crippen LogP contribution in [-0.4, -0.2) is 26.6 Å². The Bertz CT molecular complexity index is 1230. The number of nitrogens with one attached hydrogen (secondary N) is 1. The fourth-order valence-electron chi connectivity index (χ4n) is 3.47. The molecule has 1 amide bonds. The number of imidazole rings is 1. The Balaban J connectivity index is 1.48. The topological polar surface area (TPSA) is 68.9 Å². The molecular formula is C23H21ClN4O2. The summed E-state index contributed by atoms with van der Waals surface area (Å²) in [5.41, 5.74) is 3.13. The summed E-state index contributed by atoms with van der Waals surface area (Å²) < 4.78 is 3.32. The third-order valence-corrected chi connectivity index (χ3v) is 5.10. The maximum Gasteiger partial charge on any atom is 0.330 e. The lowest BCUT2D eigenvalue weighted by molar-refractivity contribution is -0.120. The van der Waals surface area contributed by atoms with E-state index in [0.29, 0.717) is 30.3 Å². The Morgan fingerprint density at radius 1 is 0.967 bits per heavy atom.